The number of hydrogen-bond donors (Lipinski definition) is 2. The smallest absolute Gasteiger partial charge is 0.306 e. The number of ether oxygens (including phenoxy) is 1. The highest BCUT2D eigenvalue weighted by Crippen LogP contribution is 2.31. The zero-order valence-corrected chi connectivity index (χ0v) is 13.0. The Labute approximate surface area is 130 Å². The van der Waals surface area contributed by atoms with E-state index in [1.54, 1.807) is 0 Å². The lowest BCUT2D eigenvalue weighted by Crippen LogP contribution is -2.32. The number of carbonyl (C=O) groups is 2. The molecule has 0 saturated heterocycles. The van der Waals surface area contributed by atoms with Crippen molar-refractivity contribution in [2.45, 2.75) is 39.2 Å². The van der Waals surface area contributed by atoms with E-state index in [9.17, 15) is 9.59 Å². The van der Waals surface area contributed by atoms with Gasteiger partial charge in [-0.3, -0.25) is 9.59 Å². The highest BCUT2D eigenvalue weighted by atomic mass is 16.5. The van der Waals surface area contributed by atoms with Crippen LogP contribution in [0.25, 0.3) is 0 Å². The second kappa shape index (κ2) is 7.29. The van der Waals surface area contributed by atoms with Crippen molar-refractivity contribution in [2.75, 3.05) is 6.61 Å². The second-order valence-corrected chi connectivity index (χ2v) is 5.78. The highest BCUT2D eigenvalue weighted by molar-refractivity contribution is 5.81. The Bertz CT molecular complexity index is 543. The number of nitrogens with one attached hydrogen (secondary N) is 1. The van der Waals surface area contributed by atoms with Crippen molar-refractivity contribution in [3.05, 3.63) is 29.8 Å². The van der Waals surface area contributed by atoms with Crippen molar-refractivity contribution < 1.29 is 19.4 Å². The Morgan fingerprint density at radius 3 is 2.73 bits per heavy atom. The molecule has 1 saturated carbocycles. The van der Waals surface area contributed by atoms with Gasteiger partial charge in [0.1, 0.15) is 5.75 Å². The summed E-state index contributed by atoms with van der Waals surface area (Å²) in [7, 11) is 0. The molecule has 1 aromatic carbocycles. The van der Waals surface area contributed by atoms with Crippen LogP contribution < -0.4 is 10.1 Å². The Morgan fingerprint density at radius 1 is 1.36 bits per heavy atom. The number of carboxylic acid groups (broad SMARTS) is 1. The molecule has 1 aromatic rings. The van der Waals surface area contributed by atoms with E-state index in [2.05, 4.69) is 5.32 Å². The third-order valence-electron chi connectivity index (χ3n) is 4.18. The Morgan fingerprint density at radius 2 is 2.09 bits per heavy atom. The van der Waals surface area contributed by atoms with E-state index in [1.165, 1.54) is 0 Å². The van der Waals surface area contributed by atoms with Crippen LogP contribution in [0.5, 0.6) is 5.75 Å². The molecule has 2 rings (SSSR count). The van der Waals surface area contributed by atoms with Crippen molar-refractivity contribution in [3.63, 3.8) is 0 Å². The number of benzene rings is 1. The van der Waals surface area contributed by atoms with Gasteiger partial charge in [0.25, 0.3) is 0 Å². The van der Waals surface area contributed by atoms with E-state index in [0.29, 0.717) is 25.9 Å². The Hall–Kier alpha value is -2.04. The first kappa shape index (κ1) is 16.3. The van der Waals surface area contributed by atoms with Gasteiger partial charge in [0.2, 0.25) is 5.91 Å². The van der Waals surface area contributed by atoms with Gasteiger partial charge < -0.3 is 15.2 Å². The molecule has 0 heterocycles. The average molecular weight is 305 g/mol. The van der Waals surface area contributed by atoms with E-state index in [4.69, 9.17) is 9.84 Å². The van der Waals surface area contributed by atoms with E-state index in [1.807, 2.05) is 38.1 Å². The van der Waals surface area contributed by atoms with Gasteiger partial charge in [0.15, 0.2) is 0 Å². The first-order valence-corrected chi connectivity index (χ1v) is 7.77. The quantitative estimate of drug-likeness (QED) is 0.847. The lowest BCUT2D eigenvalue weighted by molar-refractivity contribution is -0.141. The van der Waals surface area contributed by atoms with Crippen LogP contribution in [0.1, 0.15) is 44.7 Å². The molecule has 22 heavy (non-hydrogen) atoms. The van der Waals surface area contributed by atoms with Crippen LogP contribution >= 0.6 is 0 Å². The maximum atomic E-state index is 12.3. The summed E-state index contributed by atoms with van der Waals surface area (Å²) in [4.78, 5) is 23.2. The second-order valence-electron chi connectivity index (χ2n) is 5.78. The molecule has 1 unspecified atom stereocenters. The fourth-order valence-electron chi connectivity index (χ4n) is 2.90. The molecular formula is C17H23NO4. The summed E-state index contributed by atoms with van der Waals surface area (Å²) in [5.74, 6) is -0.648. The van der Waals surface area contributed by atoms with Crippen LogP contribution in [0.2, 0.25) is 0 Å². The number of aliphatic carboxylic acids is 1. The lowest BCUT2D eigenvalue weighted by atomic mass is 10.0. The first-order chi connectivity index (χ1) is 10.5. The van der Waals surface area contributed by atoms with E-state index in [-0.39, 0.29) is 23.8 Å². The van der Waals surface area contributed by atoms with Crippen LogP contribution in [0.3, 0.4) is 0 Å². The minimum absolute atomic E-state index is 0.0573. The van der Waals surface area contributed by atoms with Gasteiger partial charge in [-0.05, 0) is 50.8 Å². The predicted molar refractivity (Wildman–Crippen MR) is 82.6 cm³/mol. The first-order valence-electron chi connectivity index (χ1n) is 7.77. The van der Waals surface area contributed by atoms with Gasteiger partial charge >= 0.3 is 5.97 Å². The molecule has 2 N–H and O–H groups in total. The van der Waals surface area contributed by atoms with Gasteiger partial charge in [-0.15, -0.1) is 0 Å². The predicted octanol–water partition coefficient (Wildman–Crippen LogP) is 2.76. The summed E-state index contributed by atoms with van der Waals surface area (Å²) in [5.41, 5.74) is 0.979. The summed E-state index contributed by atoms with van der Waals surface area (Å²) in [6, 6.07) is 7.53. The van der Waals surface area contributed by atoms with Crippen LogP contribution in [-0.2, 0) is 9.59 Å². The van der Waals surface area contributed by atoms with Gasteiger partial charge in [-0.25, -0.2) is 0 Å². The van der Waals surface area contributed by atoms with E-state index < -0.39 is 5.97 Å². The van der Waals surface area contributed by atoms with Crippen molar-refractivity contribution in [1.82, 2.24) is 5.32 Å². The molecule has 1 aliphatic carbocycles. The standard InChI is InChI=1S/C17H23NO4/c1-3-22-15-6-4-5-12(10-15)11(2)18-16(19)13-7-8-14(9-13)17(20)21/h4-6,10-11,13-14H,3,7-9H2,1-2H3,(H,18,19)(H,20,21)/t11?,13-,14+/m1/s1. The van der Waals surface area contributed by atoms with Crippen molar-refractivity contribution in [1.29, 1.82) is 0 Å². The summed E-state index contributed by atoms with van der Waals surface area (Å²) in [6.07, 6.45) is 1.67. The van der Waals surface area contributed by atoms with Crippen molar-refractivity contribution in [2.24, 2.45) is 11.8 Å². The fourth-order valence-corrected chi connectivity index (χ4v) is 2.90. The highest BCUT2D eigenvalue weighted by Gasteiger charge is 2.34. The molecule has 0 radical (unpaired) electrons. The van der Waals surface area contributed by atoms with Gasteiger partial charge in [-0.1, -0.05) is 12.1 Å². The number of amides is 1. The van der Waals surface area contributed by atoms with Gasteiger partial charge in [0, 0.05) is 5.92 Å². The lowest BCUT2D eigenvalue weighted by Gasteiger charge is -2.18. The Kier molecular flexibility index (Phi) is 5.41. The molecular weight excluding hydrogens is 282 g/mol. The van der Waals surface area contributed by atoms with Crippen LogP contribution in [-0.4, -0.2) is 23.6 Å². The molecule has 120 valence electrons. The summed E-state index contributed by atoms with van der Waals surface area (Å²) in [6.45, 7) is 4.45. The zero-order valence-electron chi connectivity index (χ0n) is 13.0. The summed E-state index contributed by atoms with van der Waals surface area (Å²) >= 11 is 0. The molecule has 1 aliphatic rings. The topological polar surface area (TPSA) is 75.6 Å². The summed E-state index contributed by atoms with van der Waals surface area (Å²) < 4.78 is 5.46. The molecule has 5 heteroatoms. The number of hydrogen-bond acceptors (Lipinski definition) is 3. The van der Waals surface area contributed by atoms with Crippen molar-refractivity contribution >= 4 is 11.9 Å². The number of rotatable bonds is 6. The van der Waals surface area contributed by atoms with Crippen LogP contribution in [0.15, 0.2) is 24.3 Å². The normalized spacial score (nSPS) is 22.1. The largest absolute Gasteiger partial charge is 0.494 e. The fraction of sp³-hybridized carbons (Fsp3) is 0.529. The monoisotopic (exact) mass is 305 g/mol. The molecule has 1 fully saturated rings. The Balaban J connectivity index is 1.94. The number of carbonyl (C=O) groups excluding carboxylic acids is 1. The maximum absolute atomic E-state index is 12.3. The molecule has 0 bridgehead atoms. The average Bonchev–Trinajstić information content (AvgIpc) is 2.98. The third-order valence-corrected chi connectivity index (χ3v) is 4.18. The minimum atomic E-state index is -0.798. The van der Waals surface area contributed by atoms with E-state index >= 15 is 0 Å². The minimum Gasteiger partial charge on any atom is -0.494 e. The molecule has 0 aliphatic heterocycles. The molecule has 0 spiro atoms. The van der Waals surface area contributed by atoms with E-state index in [0.717, 1.165) is 11.3 Å². The third kappa shape index (κ3) is 4.00. The molecule has 5 nitrogen and oxygen atoms in total. The maximum Gasteiger partial charge on any atom is 0.306 e. The van der Waals surface area contributed by atoms with Gasteiger partial charge in [0.05, 0.1) is 18.6 Å². The number of carboxylic acids is 1. The van der Waals surface area contributed by atoms with Crippen LogP contribution in [0.4, 0.5) is 0 Å². The van der Waals surface area contributed by atoms with Crippen molar-refractivity contribution in [3.8, 4) is 5.75 Å². The SMILES string of the molecule is CCOc1cccc(C(C)NC(=O)[C@@H]2CC[C@H](C(=O)O)C2)c1. The zero-order chi connectivity index (χ0) is 16.1. The van der Waals surface area contributed by atoms with Crippen LogP contribution in [0, 0.1) is 11.8 Å². The molecule has 0 aromatic heterocycles. The molecule has 1 amide bonds. The summed E-state index contributed by atoms with van der Waals surface area (Å²) in [5, 5.41) is 12.0. The van der Waals surface area contributed by atoms with Gasteiger partial charge in [-0.2, -0.15) is 0 Å². The molecule has 3 atom stereocenters.